The molecule has 0 spiro atoms. The molecule has 1 aromatic rings. The van der Waals surface area contributed by atoms with Gasteiger partial charge in [-0.05, 0) is 18.9 Å². The molecule has 0 radical (unpaired) electrons. The van der Waals surface area contributed by atoms with Crippen LogP contribution in [0.5, 0.6) is 0 Å². The Morgan fingerprint density at radius 2 is 2.14 bits per heavy atom. The fourth-order valence-corrected chi connectivity index (χ4v) is 1.46. The maximum Gasteiger partial charge on any atom is 0.0947 e. The number of furan rings is 1. The van der Waals surface area contributed by atoms with Crippen molar-refractivity contribution in [3.63, 3.8) is 0 Å². The van der Waals surface area contributed by atoms with Crippen LogP contribution >= 0.6 is 0 Å². The quantitative estimate of drug-likeness (QED) is 0.732. The Balaban J connectivity index is 2.48. The van der Waals surface area contributed by atoms with Crippen LogP contribution in [-0.4, -0.2) is 17.3 Å². The molecule has 3 nitrogen and oxygen atoms in total. The van der Waals surface area contributed by atoms with Crippen LogP contribution in [0, 0.1) is 0 Å². The highest BCUT2D eigenvalue weighted by atomic mass is 16.3. The van der Waals surface area contributed by atoms with Crippen LogP contribution in [0.1, 0.15) is 32.3 Å². The Hall–Kier alpha value is -0.800. The van der Waals surface area contributed by atoms with Gasteiger partial charge in [0.15, 0.2) is 0 Å². The average Bonchev–Trinajstić information content (AvgIpc) is 2.74. The normalized spacial score (nSPS) is 11.9. The van der Waals surface area contributed by atoms with Crippen molar-refractivity contribution in [2.24, 2.45) is 0 Å². The lowest BCUT2D eigenvalue weighted by Crippen LogP contribution is -2.46. The van der Waals surface area contributed by atoms with Crippen molar-refractivity contribution in [2.75, 3.05) is 6.61 Å². The van der Waals surface area contributed by atoms with Crippen molar-refractivity contribution in [3.8, 4) is 0 Å². The van der Waals surface area contributed by atoms with E-state index in [1.54, 1.807) is 12.5 Å². The van der Waals surface area contributed by atoms with E-state index in [9.17, 15) is 5.11 Å². The largest absolute Gasteiger partial charge is 0.472 e. The van der Waals surface area contributed by atoms with Gasteiger partial charge in [-0.15, -0.1) is 0 Å². The molecule has 0 atom stereocenters. The van der Waals surface area contributed by atoms with Gasteiger partial charge in [0.25, 0.3) is 0 Å². The first-order chi connectivity index (χ1) is 6.76. The molecule has 0 aliphatic carbocycles. The zero-order valence-corrected chi connectivity index (χ0v) is 8.92. The molecule has 0 aliphatic rings. The highest BCUT2D eigenvalue weighted by molar-refractivity contribution is 5.05. The lowest BCUT2D eigenvalue weighted by Gasteiger charge is -2.30. The van der Waals surface area contributed by atoms with Gasteiger partial charge in [0, 0.05) is 17.6 Å². The molecular weight excluding hydrogens is 178 g/mol. The van der Waals surface area contributed by atoms with E-state index in [1.807, 2.05) is 6.07 Å². The lowest BCUT2D eigenvalue weighted by atomic mass is 9.94. The first kappa shape index (κ1) is 11.3. The Morgan fingerprint density at radius 3 is 2.57 bits per heavy atom. The minimum Gasteiger partial charge on any atom is -0.472 e. The second-order valence-corrected chi connectivity index (χ2v) is 3.63. The Bertz CT molecular complexity index is 232. The standard InChI is InChI=1S/C11H19NO2/c1-3-11(4-2,9-13)12-7-10-5-6-14-8-10/h5-6,8,12-13H,3-4,7,9H2,1-2H3. The molecule has 0 amide bonds. The summed E-state index contributed by atoms with van der Waals surface area (Å²) in [7, 11) is 0. The number of nitrogens with one attached hydrogen (secondary N) is 1. The molecule has 14 heavy (non-hydrogen) atoms. The third-order valence-electron chi connectivity index (χ3n) is 2.90. The predicted molar refractivity (Wildman–Crippen MR) is 55.9 cm³/mol. The zero-order valence-electron chi connectivity index (χ0n) is 8.92. The van der Waals surface area contributed by atoms with E-state index in [-0.39, 0.29) is 12.1 Å². The van der Waals surface area contributed by atoms with Gasteiger partial charge in [-0.1, -0.05) is 13.8 Å². The number of hydrogen-bond donors (Lipinski definition) is 2. The van der Waals surface area contributed by atoms with Crippen LogP contribution in [0.2, 0.25) is 0 Å². The summed E-state index contributed by atoms with van der Waals surface area (Å²) in [6, 6.07) is 1.93. The van der Waals surface area contributed by atoms with Crippen molar-refractivity contribution >= 4 is 0 Å². The van der Waals surface area contributed by atoms with Gasteiger partial charge in [-0.3, -0.25) is 0 Å². The predicted octanol–water partition coefficient (Wildman–Crippen LogP) is 1.92. The Labute approximate surface area is 85.1 Å². The van der Waals surface area contributed by atoms with Crippen LogP contribution in [0.4, 0.5) is 0 Å². The summed E-state index contributed by atoms with van der Waals surface area (Å²) in [5.41, 5.74) is 0.974. The molecule has 1 heterocycles. The number of aliphatic hydroxyl groups is 1. The van der Waals surface area contributed by atoms with Crippen molar-refractivity contribution in [1.29, 1.82) is 0 Å². The molecule has 0 aliphatic heterocycles. The maximum absolute atomic E-state index is 9.32. The van der Waals surface area contributed by atoms with Crippen molar-refractivity contribution in [3.05, 3.63) is 24.2 Å². The van der Waals surface area contributed by atoms with Gasteiger partial charge in [0.2, 0.25) is 0 Å². The molecule has 3 heteroatoms. The third-order valence-corrected chi connectivity index (χ3v) is 2.90. The van der Waals surface area contributed by atoms with E-state index in [2.05, 4.69) is 19.2 Å². The minimum absolute atomic E-state index is 0.142. The van der Waals surface area contributed by atoms with Crippen LogP contribution in [0.3, 0.4) is 0 Å². The second kappa shape index (κ2) is 5.17. The van der Waals surface area contributed by atoms with Crippen LogP contribution in [0.15, 0.2) is 23.0 Å². The van der Waals surface area contributed by atoms with E-state index >= 15 is 0 Å². The average molecular weight is 197 g/mol. The summed E-state index contributed by atoms with van der Waals surface area (Å²) in [6.07, 6.45) is 5.24. The number of aliphatic hydroxyl groups excluding tert-OH is 1. The zero-order chi connectivity index (χ0) is 10.4. The smallest absolute Gasteiger partial charge is 0.0947 e. The van der Waals surface area contributed by atoms with E-state index in [0.717, 1.165) is 24.9 Å². The summed E-state index contributed by atoms with van der Waals surface area (Å²) >= 11 is 0. The first-order valence-corrected chi connectivity index (χ1v) is 5.13. The first-order valence-electron chi connectivity index (χ1n) is 5.13. The maximum atomic E-state index is 9.32. The van der Waals surface area contributed by atoms with Crippen molar-refractivity contribution in [2.45, 2.75) is 38.8 Å². The van der Waals surface area contributed by atoms with Crippen molar-refractivity contribution in [1.82, 2.24) is 5.32 Å². The van der Waals surface area contributed by atoms with Gasteiger partial charge >= 0.3 is 0 Å². The molecule has 2 N–H and O–H groups in total. The Kier molecular flexibility index (Phi) is 4.17. The molecule has 0 saturated carbocycles. The summed E-state index contributed by atoms with van der Waals surface area (Å²) in [6.45, 7) is 5.10. The monoisotopic (exact) mass is 197 g/mol. The molecule has 0 bridgehead atoms. The van der Waals surface area contributed by atoms with Crippen molar-refractivity contribution < 1.29 is 9.52 Å². The summed E-state index contributed by atoms with van der Waals surface area (Å²) in [5, 5.41) is 12.7. The highest BCUT2D eigenvalue weighted by Crippen LogP contribution is 2.15. The molecule has 0 aromatic carbocycles. The van der Waals surface area contributed by atoms with Crippen LogP contribution < -0.4 is 5.32 Å². The van der Waals surface area contributed by atoms with Gasteiger partial charge < -0.3 is 14.8 Å². The summed E-state index contributed by atoms with van der Waals surface area (Å²) < 4.78 is 4.98. The fraction of sp³-hybridized carbons (Fsp3) is 0.636. The minimum atomic E-state index is -0.142. The van der Waals surface area contributed by atoms with E-state index in [1.165, 1.54) is 0 Å². The van der Waals surface area contributed by atoms with E-state index < -0.39 is 0 Å². The summed E-state index contributed by atoms with van der Waals surface area (Å²) in [5.74, 6) is 0. The molecular formula is C11H19NO2. The molecule has 0 unspecified atom stereocenters. The molecule has 0 saturated heterocycles. The van der Waals surface area contributed by atoms with E-state index in [0.29, 0.717) is 0 Å². The van der Waals surface area contributed by atoms with Crippen LogP contribution in [0.25, 0.3) is 0 Å². The van der Waals surface area contributed by atoms with Gasteiger partial charge in [-0.25, -0.2) is 0 Å². The summed E-state index contributed by atoms with van der Waals surface area (Å²) in [4.78, 5) is 0. The molecule has 80 valence electrons. The Morgan fingerprint density at radius 1 is 1.43 bits per heavy atom. The lowest BCUT2D eigenvalue weighted by molar-refractivity contribution is 0.149. The fourth-order valence-electron chi connectivity index (χ4n) is 1.46. The molecule has 1 rings (SSSR count). The topological polar surface area (TPSA) is 45.4 Å². The van der Waals surface area contributed by atoms with Gasteiger partial charge in [0.1, 0.15) is 0 Å². The van der Waals surface area contributed by atoms with Gasteiger partial charge in [-0.2, -0.15) is 0 Å². The SMILES string of the molecule is CCC(CC)(CO)NCc1ccoc1. The van der Waals surface area contributed by atoms with Crippen LogP contribution in [-0.2, 0) is 6.54 Å². The van der Waals surface area contributed by atoms with Gasteiger partial charge in [0.05, 0.1) is 19.1 Å². The third kappa shape index (κ3) is 2.59. The number of hydrogen-bond acceptors (Lipinski definition) is 3. The molecule has 1 aromatic heterocycles. The molecule has 0 fully saturated rings. The van der Waals surface area contributed by atoms with E-state index in [4.69, 9.17) is 4.42 Å². The number of rotatable bonds is 6. The second-order valence-electron chi connectivity index (χ2n) is 3.63. The highest BCUT2D eigenvalue weighted by Gasteiger charge is 2.23.